The fourth-order valence-electron chi connectivity index (χ4n) is 2.17. The number of aryl methyl sites for hydroxylation is 2. The van der Waals surface area contributed by atoms with E-state index in [1.54, 1.807) is 0 Å². The molecule has 1 aromatic carbocycles. The summed E-state index contributed by atoms with van der Waals surface area (Å²) in [4.78, 5) is 11.9. The highest BCUT2D eigenvalue weighted by atomic mass is 19.1. The van der Waals surface area contributed by atoms with Crippen LogP contribution in [0, 0.1) is 25.6 Å². The van der Waals surface area contributed by atoms with Gasteiger partial charge < -0.3 is 0 Å². The first-order valence-electron chi connectivity index (χ1n) is 6.17. The van der Waals surface area contributed by atoms with Crippen molar-refractivity contribution in [2.24, 2.45) is 5.92 Å². The maximum Gasteiger partial charge on any atom is 0.140 e. The lowest BCUT2D eigenvalue weighted by molar-refractivity contribution is -0.121. The van der Waals surface area contributed by atoms with Crippen LogP contribution in [0.1, 0.15) is 49.8 Å². The van der Waals surface area contributed by atoms with Gasteiger partial charge in [-0.15, -0.1) is 0 Å². The third-order valence-electron chi connectivity index (χ3n) is 3.31. The van der Waals surface area contributed by atoms with Gasteiger partial charge >= 0.3 is 0 Å². The molecule has 17 heavy (non-hydrogen) atoms. The molecule has 0 aliphatic heterocycles. The van der Waals surface area contributed by atoms with E-state index in [9.17, 15) is 9.18 Å². The summed E-state index contributed by atoms with van der Waals surface area (Å²) in [6.07, 6.45) is 0.454. The molecule has 1 aromatic rings. The molecule has 0 heterocycles. The zero-order chi connectivity index (χ0) is 13.2. The largest absolute Gasteiger partial charge is 0.299 e. The molecular weight excluding hydrogens is 215 g/mol. The molecule has 0 N–H and O–H groups in total. The van der Waals surface area contributed by atoms with Crippen LogP contribution in [0.4, 0.5) is 4.39 Å². The van der Waals surface area contributed by atoms with Crippen LogP contribution in [0.25, 0.3) is 0 Å². The zero-order valence-electron chi connectivity index (χ0n) is 11.3. The molecule has 0 aliphatic rings. The Labute approximate surface area is 103 Å². The number of rotatable bonds is 4. The van der Waals surface area contributed by atoms with Crippen molar-refractivity contribution in [3.8, 4) is 0 Å². The van der Waals surface area contributed by atoms with Gasteiger partial charge in [-0.2, -0.15) is 0 Å². The van der Waals surface area contributed by atoms with Crippen LogP contribution in [0.15, 0.2) is 12.1 Å². The molecular formula is C15H21FO. The second-order valence-corrected chi connectivity index (χ2v) is 5.00. The monoisotopic (exact) mass is 236 g/mol. The summed E-state index contributed by atoms with van der Waals surface area (Å²) in [5.41, 5.74) is 2.52. The van der Waals surface area contributed by atoms with Crippen LogP contribution < -0.4 is 0 Å². The number of carbonyl (C=O) groups is 1. The average Bonchev–Trinajstić information content (AvgIpc) is 2.25. The lowest BCUT2D eigenvalue weighted by Gasteiger charge is -2.21. The first-order valence-corrected chi connectivity index (χ1v) is 6.17. The van der Waals surface area contributed by atoms with Crippen molar-refractivity contribution in [3.05, 3.63) is 34.6 Å². The predicted octanol–water partition coefficient (Wildman–Crippen LogP) is 4.16. The van der Waals surface area contributed by atoms with E-state index in [-0.39, 0.29) is 23.4 Å². The Morgan fingerprint density at radius 2 is 1.76 bits per heavy atom. The number of halogens is 1. The number of Topliss-reactive ketones (excluding diaryl/α,β-unsaturated/α-hetero) is 1. The third-order valence-corrected chi connectivity index (χ3v) is 3.31. The highest BCUT2D eigenvalue weighted by molar-refractivity contribution is 5.85. The van der Waals surface area contributed by atoms with Crippen LogP contribution in [-0.4, -0.2) is 5.78 Å². The maximum atomic E-state index is 14.0. The Hall–Kier alpha value is -1.18. The van der Waals surface area contributed by atoms with E-state index in [0.29, 0.717) is 12.0 Å². The molecule has 94 valence electrons. The van der Waals surface area contributed by atoms with Gasteiger partial charge in [-0.25, -0.2) is 4.39 Å². The van der Waals surface area contributed by atoms with E-state index in [1.807, 2.05) is 40.7 Å². The van der Waals surface area contributed by atoms with Crippen LogP contribution in [-0.2, 0) is 4.79 Å². The Kier molecular flexibility index (Phi) is 4.44. The van der Waals surface area contributed by atoms with Crippen molar-refractivity contribution in [2.45, 2.75) is 47.0 Å². The van der Waals surface area contributed by atoms with Gasteiger partial charge in [0.15, 0.2) is 0 Å². The summed E-state index contributed by atoms with van der Waals surface area (Å²) in [6, 6.07) is 3.35. The molecule has 0 spiro atoms. The van der Waals surface area contributed by atoms with Gasteiger partial charge in [0, 0.05) is 12.3 Å². The normalized spacial score (nSPS) is 12.9. The second-order valence-electron chi connectivity index (χ2n) is 5.00. The predicted molar refractivity (Wildman–Crippen MR) is 68.8 cm³/mol. The quantitative estimate of drug-likeness (QED) is 0.767. The molecule has 1 unspecified atom stereocenters. The molecule has 2 heteroatoms. The number of carbonyl (C=O) groups excluding carboxylic acids is 1. The van der Waals surface area contributed by atoms with E-state index in [2.05, 4.69) is 0 Å². The van der Waals surface area contributed by atoms with E-state index in [4.69, 9.17) is 0 Å². The lowest BCUT2D eigenvalue weighted by atomic mass is 9.82. The van der Waals surface area contributed by atoms with Crippen molar-refractivity contribution in [2.75, 3.05) is 0 Å². The van der Waals surface area contributed by atoms with Gasteiger partial charge in [-0.05, 0) is 42.5 Å². The smallest absolute Gasteiger partial charge is 0.140 e. The standard InChI is InChI=1S/C15H21FO/c1-6-14(17)15(9(2)3)12-7-10(4)11(5)8-13(12)16/h7-9,15H,6H2,1-5H3. The highest BCUT2D eigenvalue weighted by Crippen LogP contribution is 2.30. The number of ketones is 1. The summed E-state index contributed by atoms with van der Waals surface area (Å²) in [5.74, 6) is -0.339. The topological polar surface area (TPSA) is 17.1 Å². The fourth-order valence-corrected chi connectivity index (χ4v) is 2.17. The van der Waals surface area contributed by atoms with E-state index >= 15 is 0 Å². The van der Waals surface area contributed by atoms with Crippen molar-refractivity contribution in [3.63, 3.8) is 0 Å². The zero-order valence-corrected chi connectivity index (χ0v) is 11.3. The third kappa shape index (κ3) is 2.93. The first kappa shape index (κ1) is 13.9. The van der Waals surface area contributed by atoms with Crippen molar-refractivity contribution >= 4 is 5.78 Å². The fraction of sp³-hybridized carbons (Fsp3) is 0.533. The van der Waals surface area contributed by atoms with Gasteiger partial charge in [-0.1, -0.05) is 26.8 Å². The summed E-state index contributed by atoms with van der Waals surface area (Å²) >= 11 is 0. The molecule has 1 rings (SSSR count). The first-order chi connectivity index (χ1) is 7.88. The molecule has 0 fully saturated rings. The lowest BCUT2D eigenvalue weighted by Crippen LogP contribution is -2.19. The van der Waals surface area contributed by atoms with E-state index in [1.165, 1.54) is 6.07 Å². The Morgan fingerprint density at radius 1 is 1.24 bits per heavy atom. The average molecular weight is 236 g/mol. The van der Waals surface area contributed by atoms with Gasteiger partial charge in [-0.3, -0.25) is 4.79 Å². The maximum absolute atomic E-state index is 14.0. The van der Waals surface area contributed by atoms with Crippen LogP contribution in [0.2, 0.25) is 0 Å². The molecule has 0 radical (unpaired) electrons. The molecule has 1 nitrogen and oxygen atoms in total. The molecule has 0 amide bonds. The molecule has 0 aromatic heterocycles. The van der Waals surface area contributed by atoms with Crippen LogP contribution in [0.3, 0.4) is 0 Å². The van der Waals surface area contributed by atoms with Crippen molar-refractivity contribution in [1.82, 2.24) is 0 Å². The van der Waals surface area contributed by atoms with Gasteiger partial charge in [0.25, 0.3) is 0 Å². The Balaban J connectivity index is 3.28. The number of benzene rings is 1. The minimum Gasteiger partial charge on any atom is -0.299 e. The van der Waals surface area contributed by atoms with Crippen LogP contribution in [0.5, 0.6) is 0 Å². The summed E-state index contributed by atoms with van der Waals surface area (Å²) in [7, 11) is 0. The minimum atomic E-state index is -0.320. The SMILES string of the molecule is CCC(=O)C(c1cc(C)c(C)cc1F)C(C)C. The van der Waals surface area contributed by atoms with Gasteiger partial charge in [0.2, 0.25) is 0 Å². The van der Waals surface area contributed by atoms with E-state index in [0.717, 1.165) is 11.1 Å². The van der Waals surface area contributed by atoms with Gasteiger partial charge in [0.1, 0.15) is 11.6 Å². The molecule has 0 bridgehead atoms. The molecule has 0 saturated heterocycles. The Morgan fingerprint density at radius 3 is 2.24 bits per heavy atom. The Bertz CT molecular complexity index is 421. The van der Waals surface area contributed by atoms with Crippen molar-refractivity contribution < 1.29 is 9.18 Å². The summed E-state index contributed by atoms with van der Waals surface area (Å²) in [5, 5.41) is 0. The molecule has 0 aliphatic carbocycles. The highest BCUT2D eigenvalue weighted by Gasteiger charge is 2.25. The van der Waals surface area contributed by atoms with Crippen LogP contribution >= 0.6 is 0 Å². The molecule has 1 atom stereocenters. The minimum absolute atomic E-state index is 0.113. The van der Waals surface area contributed by atoms with E-state index < -0.39 is 0 Å². The summed E-state index contributed by atoms with van der Waals surface area (Å²) in [6.45, 7) is 9.59. The number of hydrogen-bond donors (Lipinski definition) is 0. The number of hydrogen-bond acceptors (Lipinski definition) is 1. The summed E-state index contributed by atoms with van der Waals surface area (Å²) < 4.78 is 14.0. The second kappa shape index (κ2) is 5.44. The van der Waals surface area contributed by atoms with Crippen molar-refractivity contribution in [1.29, 1.82) is 0 Å². The molecule has 0 saturated carbocycles. The van der Waals surface area contributed by atoms with Gasteiger partial charge in [0.05, 0.1) is 0 Å².